The lowest BCUT2D eigenvalue weighted by Gasteiger charge is -2.26. The summed E-state index contributed by atoms with van der Waals surface area (Å²) in [6, 6.07) is 3.27. The zero-order chi connectivity index (χ0) is 14.2. The molecule has 0 bridgehead atoms. The van der Waals surface area contributed by atoms with Crippen molar-refractivity contribution >= 4 is 15.7 Å². The minimum atomic E-state index is -3.74. The first-order valence-corrected chi connectivity index (χ1v) is 7.83. The highest BCUT2D eigenvalue weighted by Gasteiger charge is 2.34. The molecule has 0 aliphatic heterocycles. The molecule has 1 saturated carbocycles. The Morgan fingerprint density at radius 2 is 2.05 bits per heavy atom. The molecule has 1 aliphatic carbocycles. The summed E-state index contributed by atoms with van der Waals surface area (Å²) in [5, 5.41) is 0. The maximum absolute atomic E-state index is 13.3. The number of benzene rings is 1. The Hall–Kier alpha value is -1.14. The van der Waals surface area contributed by atoms with Crippen LogP contribution in [-0.2, 0) is 10.0 Å². The molecule has 1 fully saturated rings. The normalized spacial score (nSPS) is 16.3. The van der Waals surface area contributed by atoms with E-state index in [4.69, 9.17) is 5.73 Å². The standard InChI is InChI=1S/C13H19FN2O2S/c1-9(2)16(8-10-3-4-10)19(17,18)13-7-11(14)5-6-12(13)15/h5-7,9-10H,3-4,8,15H2,1-2H3. The van der Waals surface area contributed by atoms with Gasteiger partial charge in [0.15, 0.2) is 0 Å². The van der Waals surface area contributed by atoms with E-state index in [2.05, 4.69) is 0 Å². The fourth-order valence-corrected chi connectivity index (χ4v) is 3.84. The Bertz CT molecular complexity index is 568. The van der Waals surface area contributed by atoms with Gasteiger partial charge in [0.2, 0.25) is 10.0 Å². The molecule has 1 aliphatic rings. The summed E-state index contributed by atoms with van der Waals surface area (Å²) >= 11 is 0. The third kappa shape index (κ3) is 3.06. The number of hydrogen-bond donors (Lipinski definition) is 1. The fourth-order valence-electron chi connectivity index (χ4n) is 2.00. The quantitative estimate of drug-likeness (QED) is 0.844. The third-order valence-electron chi connectivity index (χ3n) is 3.27. The predicted octanol–water partition coefficient (Wildman–Crippen LogP) is 2.22. The van der Waals surface area contributed by atoms with Gasteiger partial charge in [-0.05, 0) is 50.8 Å². The number of nitrogens with zero attached hydrogens (tertiary/aromatic N) is 1. The topological polar surface area (TPSA) is 63.4 Å². The van der Waals surface area contributed by atoms with Crippen LogP contribution < -0.4 is 5.73 Å². The number of rotatable bonds is 5. The van der Waals surface area contributed by atoms with Crippen LogP contribution in [0, 0.1) is 11.7 Å². The summed E-state index contributed by atoms with van der Waals surface area (Å²) in [4.78, 5) is -0.137. The Balaban J connectivity index is 2.40. The SMILES string of the molecule is CC(C)N(CC1CC1)S(=O)(=O)c1cc(F)ccc1N. The summed E-state index contributed by atoms with van der Waals surface area (Å²) in [6.07, 6.45) is 2.11. The van der Waals surface area contributed by atoms with Crippen molar-refractivity contribution in [3.8, 4) is 0 Å². The second-order valence-corrected chi connectivity index (χ2v) is 7.15. The smallest absolute Gasteiger partial charge is 0.245 e. The van der Waals surface area contributed by atoms with E-state index in [-0.39, 0.29) is 16.6 Å². The lowest BCUT2D eigenvalue weighted by Crippen LogP contribution is -2.38. The van der Waals surface area contributed by atoms with Crippen molar-refractivity contribution in [3.05, 3.63) is 24.0 Å². The van der Waals surface area contributed by atoms with E-state index in [1.165, 1.54) is 10.4 Å². The lowest BCUT2D eigenvalue weighted by atomic mass is 10.3. The van der Waals surface area contributed by atoms with Gasteiger partial charge in [0.05, 0.1) is 5.69 Å². The van der Waals surface area contributed by atoms with Gasteiger partial charge in [-0.3, -0.25) is 0 Å². The van der Waals surface area contributed by atoms with Crippen molar-refractivity contribution < 1.29 is 12.8 Å². The van der Waals surface area contributed by atoms with E-state index < -0.39 is 15.8 Å². The third-order valence-corrected chi connectivity index (χ3v) is 5.37. The molecule has 0 saturated heterocycles. The van der Waals surface area contributed by atoms with Crippen molar-refractivity contribution in [2.75, 3.05) is 12.3 Å². The average Bonchev–Trinajstić information content (AvgIpc) is 3.12. The minimum Gasteiger partial charge on any atom is -0.398 e. The molecule has 4 nitrogen and oxygen atoms in total. The van der Waals surface area contributed by atoms with Gasteiger partial charge < -0.3 is 5.73 Å². The molecule has 0 heterocycles. The van der Waals surface area contributed by atoms with Gasteiger partial charge >= 0.3 is 0 Å². The van der Waals surface area contributed by atoms with Gasteiger partial charge in [-0.25, -0.2) is 12.8 Å². The maximum Gasteiger partial charge on any atom is 0.245 e. The highest BCUT2D eigenvalue weighted by atomic mass is 32.2. The number of nitrogens with two attached hydrogens (primary N) is 1. The van der Waals surface area contributed by atoms with Crippen molar-refractivity contribution in [1.82, 2.24) is 4.31 Å². The zero-order valence-electron chi connectivity index (χ0n) is 11.1. The number of anilines is 1. The van der Waals surface area contributed by atoms with Crippen molar-refractivity contribution in [1.29, 1.82) is 0 Å². The summed E-state index contributed by atoms with van der Waals surface area (Å²) in [5.74, 6) is -0.171. The fraction of sp³-hybridized carbons (Fsp3) is 0.538. The van der Waals surface area contributed by atoms with Crippen LogP contribution in [0.15, 0.2) is 23.1 Å². The van der Waals surface area contributed by atoms with Gasteiger partial charge in [0.1, 0.15) is 10.7 Å². The van der Waals surface area contributed by atoms with E-state index in [1.807, 2.05) is 13.8 Å². The summed E-state index contributed by atoms with van der Waals surface area (Å²) in [6.45, 7) is 4.11. The Morgan fingerprint density at radius 1 is 1.42 bits per heavy atom. The highest BCUT2D eigenvalue weighted by molar-refractivity contribution is 7.89. The Morgan fingerprint density at radius 3 is 2.58 bits per heavy atom. The van der Waals surface area contributed by atoms with E-state index >= 15 is 0 Å². The Labute approximate surface area is 113 Å². The summed E-state index contributed by atoms with van der Waals surface area (Å²) in [5.41, 5.74) is 5.77. The summed E-state index contributed by atoms with van der Waals surface area (Å²) in [7, 11) is -3.74. The molecule has 6 heteroatoms. The van der Waals surface area contributed by atoms with Gasteiger partial charge in [0, 0.05) is 12.6 Å². The van der Waals surface area contributed by atoms with Crippen LogP contribution in [0.2, 0.25) is 0 Å². The number of nitrogen functional groups attached to an aromatic ring is 1. The molecule has 1 aromatic rings. The van der Waals surface area contributed by atoms with E-state index in [9.17, 15) is 12.8 Å². The molecule has 0 unspecified atom stereocenters. The maximum atomic E-state index is 13.3. The van der Waals surface area contributed by atoms with E-state index in [0.717, 1.165) is 25.0 Å². The average molecular weight is 286 g/mol. The second-order valence-electron chi connectivity index (χ2n) is 5.29. The number of halogens is 1. The van der Waals surface area contributed by atoms with Crippen LogP contribution in [-0.4, -0.2) is 25.3 Å². The summed E-state index contributed by atoms with van der Waals surface area (Å²) < 4.78 is 39.9. The molecular weight excluding hydrogens is 267 g/mol. The van der Waals surface area contributed by atoms with Crippen LogP contribution in [0.5, 0.6) is 0 Å². The molecular formula is C13H19FN2O2S. The lowest BCUT2D eigenvalue weighted by molar-refractivity contribution is 0.341. The van der Waals surface area contributed by atoms with Gasteiger partial charge in [-0.1, -0.05) is 0 Å². The minimum absolute atomic E-state index is 0.0860. The molecule has 2 rings (SSSR count). The molecule has 2 N–H and O–H groups in total. The first-order chi connectivity index (χ1) is 8.82. The second kappa shape index (κ2) is 5.09. The first-order valence-electron chi connectivity index (χ1n) is 6.39. The van der Waals surface area contributed by atoms with Gasteiger partial charge in [0.25, 0.3) is 0 Å². The zero-order valence-corrected chi connectivity index (χ0v) is 12.0. The first kappa shape index (κ1) is 14.3. The molecule has 1 aromatic carbocycles. The predicted molar refractivity (Wildman–Crippen MR) is 72.6 cm³/mol. The van der Waals surface area contributed by atoms with Crippen LogP contribution in [0.4, 0.5) is 10.1 Å². The molecule has 0 radical (unpaired) electrons. The van der Waals surface area contributed by atoms with Crippen LogP contribution >= 0.6 is 0 Å². The highest BCUT2D eigenvalue weighted by Crippen LogP contribution is 2.33. The van der Waals surface area contributed by atoms with Gasteiger partial charge in [-0.15, -0.1) is 0 Å². The molecule has 19 heavy (non-hydrogen) atoms. The van der Waals surface area contributed by atoms with E-state index in [1.54, 1.807) is 0 Å². The molecule has 106 valence electrons. The monoisotopic (exact) mass is 286 g/mol. The largest absolute Gasteiger partial charge is 0.398 e. The van der Waals surface area contributed by atoms with Crippen molar-refractivity contribution in [3.63, 3.8) is 0 Å². The molecule has 0 spiro atoms. The van der Waals surface area contributed by atoms with Crippen LogP contribution in [0.25, 0.3) is 0 Å². The number of sulfonamides is 1. The van der Waals surface area contributed by atoms with Gasteiger partial charge in [-0.2, -0.15) is 4.31 Å². The molecule has 0 aromatic heterocycles. The van der Waals surface area contributed by atoms with Crippen molar-refractivity contribution in [2.24, 2.45) is 5.92 Å². The molecule has 0 amide bonds. The molecule has 0 atom stereocenters. The van der Waals surface area contributed by atoms with Crippen LogP contribution in [0.3, 0.4) is 0 Å². The van der Waals surface area contributed by atoms with Crippen molar-refractivity contribution in [2.45, 2.75) is 37.6 Å². The number of hydrogen-bond acceptors (Lipinski definition) is 3. The van der Waals surface area contributed by atoms with Crippen LogP contribution in [0.1, 0.15) is 26.7 Å². The van der Waals surface area contributed by atoms with E-state index in [0.29, 0.717) is 12.5 Å². The Kier molecular flexibility index (Phi) is 3.82.